The molecule has 1 saturated heterocycles. The van der Waals surface area contributed by atoms with Gasteiger partial charge in [0.25, 0.3) is 0 Å². The van der Waals surface area contributed by atoms with Crippen molar-refractivity contribution in [2.75, 3.05) is 19.8 Å². The van der Waals surface area contributed by atoms with Crippen molar-refractivity contribution < 1.29 is 33.3 Å². The molecule has 2 aliphatic rings. The molecule has 0 spiro atoms. The van der Waals surface area contributed by atoms with E-state index in [1.165, 1.54) is 4.90 Å². The largest absolute Gasteiger partial charge is 0.464 e. The van der Waals surface area contributed by atoms with Crippen LogP contribution in [0.2, 0.25) is 0 Å². The summed E-state index contributed by atoms with van der Waals surface area (Å²) in [6, 6.07) is 8.45. The summed E-state index contributed by atoms with van der Waals surface area (Å²) in [5.41, 5.74) is -0.189. The number of carbonyl (C=O) groups excluding carboxylic acids is 3. The van der Waals surface area contributed by atoms with Gasteiger partial charge in [-0.2, -0.15) is 0 Å². The average molecular weight is 434 g/mol. The van der Waals surface area contributed by atoms with Gasteiger partial charge in [-0.3, -0.25) is 4.90 Å². The van der Waals surface area contributed by atoms with Gasteiger partial charge in [-0.15, -0.1) is 0 Å². The highest BCUT2D eigenvalue weighted by Crippen LogP contribution is 2.60. The summed E-state index contributed by atoms with van der Waals surface area (Å²) in [4.78, 5) is 38.8. The Bertz CT molecular complexity index is 804. The molecule has 1 aromatic rings. The summed E-state index contributed by atoms with van der Waals surface area (Å²) < 4.78 is 21.5. The van der Waals surface area contributed by atoms with Crippen LogP contribution in [0.1, 0.15) is 46.1 Å². The molecule has 1 saturated carbocycles. The van der Waals surface area contributed by atoms with Crippen LogP contribution in [-0.4, -0.2) is 60.4 Å². The van der Waals surface area contributed by atoms with E-state index < -0.39 is 29.7 Å². The number of piperidine rings is 1. The molecule has 170 valence electrons. The fourth-order valence-corrected chi connectivity index (χ4v) is 3.98. The fourth-order valence-electron chi connectivity index (χ4n) is 3.98. The van der Waals surface area contributed by atoms with Crippen LogP contribution in [0.3, 0.4) is 0 Å². The number of ether oxygens (including phenoxy) is 4. The first kappa shape index (κ1) is 23.1. The monoisotopic (exact) mass is 433 g/mol. The third-order valence-corrected chi connectivity index (χ3v) is 5.43. The first-order valence-electron chi connectivity index (χ1n) is 10.6. The maximum Gasteiger partial charge on any atom is 0.411 e. The first-order valence-corrected chi connectivity index (χ1v) is 10.6. The van der Waals surface area contributed by atoms with E-state index in [1.54, 1.807) is 27.7 Å². The van der Waals surface area contributed by atoms with E-state index in [4.69, 9.17) is 18.9 Å². The maximum atomic E-state index is 12.9. The van der Waals surface area contributed by atoms with Crippen molar-refractivity contribution in [3.05, 3.63) is 35.9 Å². The van der Waals surface area contributed by atoms with Crippen molar-refractivity contribution in [2.45, 2.75) is 64.8 Å². The Hall–Kier alpha value is -2.61. The van der Waals surface area contributed by atoms with Crippen molar-refractivity contribution >= 4 is 18.0 Å². The van der Waals surface area contributed by atoms with Crippen LogP contribution >= 0.6 is 0 Å². The second-order valence-corrected chi connectivity index (χ2v) is 9.08. The summed E-state index contributed by atoms with van der Waals surface area (Å²) in [5.74, 6) is -0.899. The number of benzene rings is 1. The topological polar surface area (TPSA) is 91.4 Å². The Balaban J connectivity index is 1.66. The standard InChI is InChI=1S/C23H31NO7/c1-5-29-19(25)14-28-15-23-11-17(20(26)30-13-16-9-7-6-8-10-16)24(18(23)12-23)21(27)31-22(2,3)4/h6-10,17-18H,5,11-15H2,1-4H3/t17-,18-,23+/m0/s1. The number of nitrogens with zero attached hydrogens (tertiary/aromatic N) is 1. The molecule has 8 nitrogen and oxygen atoms in total. The molecular formula is C23H31NO7. The molecular weight excluding hydrogens is 402 g/mol. The molecule has 2 fully saturated rings. The third kappa shape index (κ3) is 5.76. The molecule has 1 amide bonds. The average Bonchev–Trinajstić information content (AvgIpc) is 3.29. The molecule has 31 heavy (non-hydrogen) atoms. The normalized spacial score (nSPS) is 24.3. The molecule has 0 N–H and O–H groups in total. The van der Waals surface area contributed by atoms with Crippen LogP contribution in [0, 0.1) is 5.41 Å². The number of hydrogen-bond acceptors (Lipinski definition) is 7. The van der Waals surface area contributed by atoms with Crippen LogP contribution in [0.5, 0.6) is 0 Å². The number of carbonyl (C=O) groups is 3. The lowest BCUT2D eigenvalue weighted by molar-refractivity contribution is -0.151. The molecule has 3 rings (SSSR count). The van der Waals surface area contributed by atoms with Crippen molar-refractivity contribution in [2.24, 2.45) is 5.41 Å². The van der Waals surface area contributed by atoms with Crippen LogP contribution < -0.4 is 0 Å². The summed E-state index contributed by atoms with van der Waals surface area (Å²) in [7, 11) is 0. The highest BCUT2D eigenvalue weighted by molar-refractivity contribution is 5.83. The zero-order chi connectivity index (χ0) is 22.6. The second-order valence-electron chi connectivity index (χ2n) is 9.08. The van der Waals surface area contributed by atoms with Crippen molar-refractivity contribution in [1.82, 2.24) is 4.90 Å². The Kier molecular flexibility index (Phi) is 6.89. The van der Waals surface area contributed by atoms with Gasteiger partial charge in [0.05, 0.1) is 13.2 Å². The van der Waals surface area contributed by atoms with E-state index in [9.17, 15) is 14.4 Å². The first-order chi connectivity index (χ1) is 14.6. The van der Waals surface area contributed by atoms with Gasteiger partial charge < -0.3 is 18.9 Å². The minimum Gasteiger partial charge on any atom is -0.464 e. The Morgan fingerprint density at radius 3 is 2.45 bits per heavy atom. The predicted octanol–water partition coefficient (Wildman–Crippen LogP) is 3.08. The summed E-state index contributed by atoms with van der Waals surface area (Å²) in [5, 5.41) is 0. The number of fused-ring (bicyclic) bond motifs is 1. The Labute approximate surface area is 182 Å². The number of likely N-dealkylation sites (tertiary alicyclic amines) is 1. The van der Waals surface area contributed by atoms with E-state index in [-0.39, 0.29) is 37.9 Å². The zero-order valence-corrected chi connectivity index (χ0v) is 18.6. The van der Waals surface area contributed by atoms with Crippen LogP contribution in [0.15, 0.2) is 30.3 Å². The van der Waals surface area contributed by atoms with E-state index in [1.807, 2.05) is 30.3 Å². The SMILES string of the molecule is CCOC(=O)COC[C@@]12C[C@@H]1N(C(=O)OC(C)(C)C)[C@H](C(=O)OCc1ccccc1)C2. The lowest BCUT2D eigenvalue weighted by Crippen LogP contribution is -2.46. The maximum absolute atomic E-state index is 12.9. The van der Waals surface area contributed by atoms with Crippen LogP contribution in [0.4, 0.5) is 4.79 Å². The summed E-state index contributed by atoms with van der Waals surface area (Å²) in [6.07, 6.45) is 0.564. The van der Waals surface area contributed by atoms with E-state index in [2.05, 4.69) is 0 Å². The molecule has 3 atom stereocenters. The molecule has 1 aliphatic heterocycles. The van der Waals surface area contributed by atoms with Gasteiger partial charge in [0, 0.05) is 11.5 Å². The summed E-state index contributed by atoms with van der Waals surface area (Å²) >= 11 is 0. The van der Waals surface area contributed by atoms with E-state index in [0.29, 0.717) is 12.8 Å². The van der Waals surface area contributed by atoms with Crippen LogP contribution in [0.25, 0.3) is 0 Å². The third-order valence-electron chi connectivity index (χ3n) is 5.43. The minimum absolute atomic E-state index is 0.134. The van der Waals surface area contributed by atoms with Crippen molar-refractivity contribution in [3.8, 4) is 0 Å². The Morgan fingerprint density at radius 1 is 1.10 bits per heavy atom. The zero-order valence-electron chi connectivity index (χ0n) is 18.6. The Morgan fingerprint density at radius 2 is 1.81 bits per heavy atom. The van der Waals surface area contributed by atoms with Crippen LogP contribution in [-0.2, 0) is 35.1 Å². The van der Waals surface area contributed by atoms with Gasteiger partial charge >= 0.3 is 18.0 Å². The summed E-state index contributed by atoms with van der Waals surface area (Å²) in [6.45, 7) is 7.61. The molecule has 0 unspecified atom stereocenters. The molecule has 1 aliphatic carbocycles. The number of amides is 1. The molecule has 1 aromatic carbocycles. The molecule has 8 heteroatoms. The minimum atomic E-state index is -0.747. The molecule has 0 radical (unpaired) electrons. The number of hydrogen-bond donors (Lipinski definition) is 0. The van der Waals surface area contributed by atoms with Gasteiger partial charge in [0.1, 0.15) is 24.9 Å². The number of esters is 2. The van der Waals surface area contributed by atoms with Gasteiger partial charge in [-0.05, 0) is 46.1 Å². The lowest BCUT2D eigenvalue weighted by atomic mass is 10.0. The van der Waals surface area contributed by atoms with E-state index >= 15 is 0 Å². The fraction of sp³-hybridized carbons (Fsp3) is 0.609. The molecule has 0 aromatic heterocycles. The van der Waals surface area contributed by atoms with Gasteiger partial charge in [0.2, 0.25) is 0 Å². The van der Waals surface area contributed by atoms with Crippen molar-refractivity contribution in [1.29, 1.82) is 0 Å². The molecule has 1 heterocycles. The van der Waals surface area contributed by atoms with Gasteiger partial charge in [-0.25, -0.2) is 14.4 Å². The highest BCUT2D eigenvalue weighted by Gasteiger charge is 2.68. The quantitative estimate of drug-likeness (QED) is 0.460. The van der Waals surface area contributed by atoms with Gasteiger partial charge in [-0.1, -0.05) is 30.3 Å². The lowest BCUT2D eigenvalue weighted by Gasteiger charge is -2.29. The molecule has 0 bridgehead atoms. The highest BCUT2D eigenvalue weighted by atomic mass is 16.6. The number of rotatable bonds is 8. The smallest absolute Gasteiger partial charge is 0.411 e. The van der Waals surface area contributed by atoms with E-state index in [0.717, 1.165) is 5.56 Å². The second kappa shape index (κ2) is 9.26. The van der Waals surface area contributed by atoms with Gasteiger partial charge in [0.15, 0.2) is 0 Å². The predicted molar refractivity (Wildman–Crippen MR) is 111 cm³/mol. The van der Waals surface area contributed by atoms with Crippen molar-refractivity contribution in [3.63, 3.8) is 0 Å².